The van der Waals surface area contributed by atoms with Crippen molar-refractivity contribution in [2.24, 2.45) is 5.41 Å². The normalized spacial score (nSPS) is 30.0. The largest absolute Gasteiger partial charge is 0.312 e. The highest BCUT2D eigenvalue weighted by molar-refractivity contribution is 4.89. The summed E-state index contributed by atoms with van der Waals surface area (Å²) in [5.41, 5.74) is 0.676. The second-order valence-electron chi connectivity index (χ2n) is 6.50. The molecule has 1 N–H and O–H groups in total. The minimum atomic E-state index is 0.289. The lowest BCUT2D eigenvalue weighted by molar-refractivity contribution is 0.0991. The fraction of sp³-hybridized carbons (Fsp3) is 1.00. The highest BCUT2D eigenvalue weighted by Crippen LogP contribution is 2.24. The molecule has 0 bridgehead atoms. The van der Waals surface area contributed by atoms with Gasteiger partial charge >= 0.3 is 0 Å². The Kier molecular flexibility index (Phi) is 3.27. The van der Waals surface area contributed by atoms with Gasteiger partial charge in [-0.05, 0) is 33.1 Å². The number of rotatable bonds is 0. The summed E-state index contributed by atoms with van der Waals surface area (Å²) in [5.74, 6) is 0. The van der Waals surface area contributed by atoms with E-state index in [2.05, 4.69) is 51.8 Å². The van der Waals surface area contributed by atoms with E-state index in [1.165, 1.54) is 6.54 Å². The third-order valence-electron chi connectivity index (χ3n) is 2.99. The minimum absolute atomic E-state index is 0.289. The average molecular weight is 198 g/mol. The molecule has 2 heteroatoms. The van der Waals surface area contributed by atoms with Crippen LogP contribution in [0.3, 0.4) is 0 Å². The Bertz CT molecular complexity index is 191. The predicted octanol–water partition coefficient (Wildman–Crippen LogP) is 2.10. The predicted molar refractivity (Wildman–Crippen MR) is 62.6 cm³/mol. The van der Waals surface area contributed by atoms with Crippen molar-refractivity contribution in [2.45, 2.75) is 53.1 Å². The Labute approximate surface area is 89.1 Å². The third-order valence-corrected chi connectivity index (χ3v) is 2.99. The molecule has 0 spiro atoms. The summed E-state index contributed by atoms with van der Waals surface area (Å²) in [5, 5.41) is 3.60. The Morgan fingerprint density at radius 1 is 1.29 bits per heavy atom. The first-order chi connectivity index (χ1) is 6.21. The van der Waals surface area contributed by atoms with Crippen LogP contribution in [0.15, 0.2) is 0 Å². The molecule has 1 fully saturated rings. The number of hydrogen-bond donors (Lipinski definition) is 1. The first-order valence-electron chi connectivity index (χ1n) is 5.69. The average Bonchev–Trinajstić information content (AvgIpc) is 2.09. The zero-order chi connectivity index (χ0) is 11.0. The van der Waals surface area contributed by atoms with Crippen molar-refractivity contribution in [3.8, 4) is 0 Å². The molecule has 0 amide bonds. The van der Waals surface area contributed by atoms with Crippen molar-refractivity contribution in [3.05, 3.63) is 0 Å². The van der Waals surface area contributed by atoms with E-state index < -0.39 is 0 Å². The van der Waals surface area contributed by atoms with Crippen LogP contribution in [0.25, 0.3) is 0 Å². The lowest BCUT2D eigenvalue weighted by atomic mass is 9.91. The smallest absolute Gasteiger partial charge is 0.0167 e. The van der Waals surface area contributed by atoms with E-state index in [1.807, 2.05) is 0 Å². The molecule has 14 heavy (non-hydrogen) atoms. The topological polar surface area (TPSA) is 15.3 Å². The molecule has 1 unspecified atom stereocenters. The molecule has 0 aliphatic carbocycles. The molecule has 1 aliphatic heterocycles. The lowest BCUT2D eigenvalue weighted by Gasteiger charge is -2.39. The molecular formula is C12H26N2. The second-order valence-corrected chi connectivity index (χ2v) is 6.50. The molecule has 2 nitrogen and oxygen atoms in total. The SMILES string of the molecule is CC1CN(C(C)(C)C)CC(C)(C)CN1. The lowest BCUT2D eigenvalue weighted by Crippen LogP contribution is -2.47. The van der Waals surface area contributed by atoms with Crippen LogP contribution in [-0.2, 0) is 0 Å². The van der Waals surface area contributed by atoms with E-state index in [-0.39, 0.29) is 5.54 Å². The third kappa shape index (κ3) is 3.25. The van der Waals surface area contributed by atoms with E-state index in [4.69, 9.17) is 0 Å². The van der Waals surface area contributed by atoms with Gasteiger partial charge in [-0.2, -0.15) is 0 Å². The molecule has 0 radical (unpaired) electrons. The first-order valence-corrected chi connectivity index (χ1v) is 5.69. The summed E-state index contributed by atoms with van der Waals surface area (Å²) in [6.45, 7) is 17.4. The van der Waals surface area contributed by atoms with Gasteiger partial charge in [-0.3, -0.25) is 4.90 Å². The molecule has 1 saturated heterocycles. The van der Waals surface area contributed by atoms with Gasteiger partial charge in [0.15, 0.2) is 0 Å². The van der Waals surface area contributed by atoms with E-state index in [0.717, 1.165) is 13.1 Å². The summed E-state index contributed by atoms with van der Waals surface area (Å²) in [6, 6.07) is 0.607. The fourth-order valence-corrected chi connectivity index (χ4v) is 1.99. The molecule has 1 atom stereocenters. The Hall–Kier alpha value is -0.0800. The molecular weight excluding hydrogens is 172 g/mol. The maximum atomic E-state index is 3.60. The van der Waals surface area contributed by atoms with Gasteiger partial charge in [-0.1, -0.05) is 13.8 Å². The van der Waals surface area contributed by atoms with Gasteiger partial charge in [0.2, 0.25) is 0 Å². The van der Waals surface area contributed by atoms with Gasteiger partial charge in [-0.15, -0.1) is 0 Å². The van der Waals surface area contributed by atoms with Crippen molar-refractivity contribution in [1.82, 2.24) is 10.2 Å². The summed E-state index contributed by atoms with van der Waals surface area (Å²) in [6.07, 6.45) is 0. The molecule has 1 rings (SSSR count). The van der Waals surface area contributed by atoms with E-state index >= 15 is 0 Å². The molecule has 1 aliphatic rings. The number of nitrogens with one attached hydrogen (secondary N) is 1. The van der Waals surface area contributed by atoms with E-state index in [1.54, 1.807) is 0 Å². The van der Waals surface area contributed by atoms with Crippen molar-refractivity contribution < 1.29 is 0 Å². The van der Waals surface area contributed by atoms with Gasteiger partial charge < -0.3 is 5.32 Å². The molecule has 1 heterocycles. The molecule has 0 aromatic rings. The van der Waals surface area contributed by atoms with Crippen LogP contribution in [0.4, 0.5) is 0 Å². The summed E-state index contributed by atoms with van der Waals surface area (Å²) < 4.78 is 0. The molecule has 0 aromatic carbocycles. The Morgan fingerprint density at radius 3 is 2.36 bits per heavy atom. The molecule has 0 saturated carbocycles. The minimum Gasteiger partial charge on any atom is -0.312 e. The van der Waals surface area contributed by atoms with Crippen LogP contribution >= 0.6 is 0 Å². The van der Waals surface area contributed by atoms with E-state index in [0.29, 0.717) is 11.5 Å². The van der Waals surface area contributed by atoms with Crippen molar-refractivity contribution in [2.75, 3.05) is 19.6 Å². The summed E-state index contributed by atoms with van der Waals surface area (Å²) >= 11 is 0. The highest BCUT2D eigenvalue weighted by Gasteiger charge is 2.32. The van der Waals surface area contributed by atoms with Gasteiger partial charge in [0, 0.05) is 31.2 Å². The monoisotopic (exact) mass is 198 g/mol. The molecule has 0 aromatic heterocycles. The highest BCUT2D eigenvalue weighted by atomic mass is 15.2. The van der Waals surface area contributed by atoms with Crippen LogP contribution in [0.1, 0.15) is 41.5 Å². The first kappa shape index (κ1) is 12.0. The number of nitrogens with zero attached hydrogens (tertiary/aromatic N) is 1. The van der Waals surface area contributed by atoms with Crippen LogP contribution in [0, 0.1) is 5.41 Å². The van der Waals surface area contributed by atoms with Crippen molar-refractivity contribution in [1.29, 1.82) is 0 Å². The van der Waals surface area contributed by atoms with Crippen LogP contribution < -0.4 is 5.32 Å². The van der Waals surface area contributed by atoms with Crippen molar-refractivity contribution in [3.63, 3.8) is 0 Å². The maximum absolute atomic E-state index is 3.60. The van der Waals surface area contributed by atoms with Gasteiger partial charge in [0.05, 0.1) is 0 Å². The Balaban J connectivity index is 2.75. The zero-order valence-electron chi connectivity index (χ0n) is 10.6. The van der Waals surface area contributed by atoms with Gasteiger partial charge in [0.25, 0.3) is 0 Å². The Morgan fingerprint density at radius 2 is 1.86 bits per heavy atom. The quantitative estimate of drug-likeness (QED) is 0.641. The maximum Gasteiger partial charge on any atom is 0.0167 e. The van der Waals surface area contributed by atoms with Crippen LogP contribution in [0.2, 0.25) is 0 Å². The second kappa shape index (κ2) is 3.82. The van der Waals surface area contributed by atoms with Crippen LogP contribution in [0.5, 0.6) is 0 Å². The van der Waals surface area contributed by atoms with Crippen molar-refractivity contribution >= 4 is 0 Å². The van der Waals surface area contributed by atoms with Gasteiger partial charge in [0.1, 0.15) is 0 Å². The summed E-state index contributed by atoms with van der Waals surface area (Å²) in [7, 11) is 0. The zero-order valence-corrected chi connectivity index (χ0v) is 10.6. The van der Waals surface area contributed by atoms with E-state index in [9.17, 15) is 0 Å². The molecule has 84 valence electrons. The van der Waals surface area contributed by atoms with Gasteiger partial charge in [-0.25, -0.2) is 0 Å². The summed E-state index contributed by atoms with van der Waals surface area (Å²) in [4.78, 5) is 2.59. The van der Waals surface area contributed by atoms with Crippen LogP contribution in [-0.4, -0.2) is 36.1 Å². The number of hydrogen-bond acceptors (Lipinski definition) is 2. The standard InChI is InChI=1S/C12H26N2/c1-10-7-14(11(2,3)4)9-12(5,6)8-13-10/h10,13H,7-9H2,1-6H3. The fourth-order valence-electron chi connectivity index (χ4n) is 1.99.